The molecule has 5 rings (SSSR count). The molecule has 56 heavy (non-hydrogen) atoms. The van der Waals surface area contributed by atoms with E-state index in [1.807, 2.05) is 112 Å². The van der Waals surface area contributed by atoms with Crippen LogP contribution in [0.1, 0.15) is 16.8 Å². The third-order valence-corrected chi connectivity index (χ3v) is 11.5. The normalized spacial score (nSPS) is 20.1. The van der Waals surface area contributed by atoms with Gasteiger partial charge in [0.2, 0.25) is 18.1 Å². The summed E-state index contributed by atoms with van der Waals surface area (Å²) in [5.41, 5.74) is 5.34. The van der Waals surface area contributed by atoms with Crippen LogP contribution in [0.2, 0.25) is 0 Å². The van der Waals surface area contributed by atoms with Crippen LogP contribution in [-0.4, -0.2) is 120 Å². The van der Waals surface area contributed by atoms with E-state index >= 15 is 0 Å². The minimum atomic E-state index is -0.740. The van der Waals surface area contributed by atoms with Gasteiger partial charge in [-0.15, -0.1) is 0 Å². The van der Waals surface area contributed by atoms with E-state index in [0.717, 1.165) is 33.9 Å². The Morgan fingerprint density at radius 2 is 1.27 bits per heavy atom. The molecule has 0 bridgehead atoms. The minimum absolute atomic E-state index is 0.00861. The number of nitrogens with one attached hydrogen (secondary N) is 2. The summed E-state index contributed by atoms with van der Waals surface area (Å²) in [5, 5.41) is 45.2. The standard InChI is InChI=1S/C42H50N6O6S2/c1-2-3-6-33(14-8-31-10-16-35(17-11-31)47-26-37(49)38(50)27-47)45-25-41(53)43-20-23-55-56-24-21-44-42(54)30-46-22-5-4-7-34(46)15-9-32-12-18-36(19-13-32)48-28-39(51)40(52)29-48/h2-19,22,37-40,49-52H,1,20-21,23-30H2,(H-,43,44,53,54)/p+1/b6-3-,14-8+,45-33-. The molecular weight excluding hydrogens is 749 g/mol. The van der Waals surface area contributed by atoms with Gasteiger partial charge in [-0.2, -0.15) is 4.57 Å². The highest BCUT2D eigenvalue weighted by Crippen LogP contribution is 2.23. The van der Waals surface area contributed by atoms with Gasteiger partial charge in [-0.05, 0) is 59.7 Å². The van der Waals surface area contributed by atoms with E-state index in [-0.39, 0.29) is 24.9 Å². The summed E-state index contributed by atoms with van der Waals surface area (Å²) < 4.78 is 1.90. The van der Waals surface area contributed by atoms with Crippen LogP contribution in [0.25, 0.3) is 18.2 Å². The number of nitrogens with zero attached hydrogens (tertiary/aromatic N) is 4. The quantitative estimate of drug-likeness (QED) is 0.0350. The molecule has 3 heterocycles. The Kier molecular flexibility index (Phi) is 16.8. The number of anilines is 2. The molecule has 12 nitrogen and oxygen atoms in total. The molecule has 1 aromatic heterocycles. The van der Waals surface area contributed by atoms with Crippen molar-refractivity contribution < 1.29 is 34.6 Å². The second-order valence-corrected chi connectivity index (χ2v) is 16.1. The molecule has 0 spiro atoms. The van der Waals surface area contributed by atoms with Gasteiger partial charge in [0.15, 0.2) is 6.20 Å². The lowest BCUT2D eigenvalue weighted by molar-refractivity contribution is -0.686. The molecule has 296 valence electrons. The fourth-order valence-corrected chi connectivity index (χ4v) is 7.85. The highest BCUT2D eigenvalue weighted by Gasteiger charge is 2.30. The van der Waals surface area contributed by atoms with Gasteiger partial charge in [0.05, 0.1) is 30.1 Å². The third-order valence-electron chi connectivity index (χ3n) is 9.12. The first kappa shape index (κ1) is 42.4. The first-order chi connectivity index (χ1) is 27.2. The monoisotopic (exact) mass is 799 g/mol. The fourth-order valence-electron chi connectivity index (χ4n) is 6.04. The summed E-state index contributed by atoms with van der Waals surface area (Å²) in [4.78, 5) is 33.5. The summed E-state index contributed by atoms with van der Waals surface area (Å²) in [7, 11) is 3.27. The van der Waals surface area contributed by atoms with Crippen molar-refractivity contribution in [1.82, 2.24) is 10.6 Å². The zero-order valence-corrected chi connectivity index (χ0v) is 32.9. The Balaban J connectivity index is 0.956. The maximum Gasteiger partial charge on any atom is 0.286 e. The van der Waals surface area contributed by atoms with E-state index in [9.17, 15) is 30.0 Å². The zero-order chi connectivity index (χ0) is 39.7. The second-order valence-electron chi connectivity index (χ2n) is 13.4. The molecule has 4 atom stereocenters. The van der Waals surface area contributed by atoms with Gasteiger partial charge in [-0.1, -0.05) is 70.7 Å². The number of hydrogen-bond acceptors (Lipinski definition) is 11. The van der Waals surface area contributed by atoms with Crippen LogP contribution in [0.15, 0.2) is 109 Å². The summed E-state index contributed by atoms with van der Waals surface area (Å²) in [6, 6.07) is 21.5. The summed E-state index contributed by atoms with van der Waals surface area (Å²) >= 11 is 0. The molecule has 6 N–H and O–H groups in total. The maximum atomic E-state index is 12.7. The van der Waals surface area contributed by atoms with Crippen molar-refractivity contribution in [3.63, 3.8) is 0 Å². The highest BCUT2D eigenvalue weighted by molar-refractivity contribution is 8.76. The molecule has 14 heteroatoms. The van der Waals surface area contributed by atoms with E-state index < -0.39 is 24.4 Å². The number of carbonyl (C=O) groups is 2. The average Bonchev–Trinajstić information content (AvgIpc) is 3.73. The van der Waals surface area contributed by atoms with Crippen molar-refractivity contribution in [2.75, 3.05) is 67.1 Å². The van der Waals surface area contributed by atoms with E-state index in [2.05, 4.69) is 22.2 Å². The van der Waals surface area contributed by atoms with Gasteiger partial charge < -0.3 is 40.9 Å². The van der Waals surface area contributed by atoms with Crippen LogP contribution in [-0.2, 0) is 16.1 Å². The number of hydrogen-bond donors (Lipinski definition) is 6. The first-order valence-electron chi connectivity index (χ1n) is 18.6. The van der Waals surface area contributed by atoms with E-state index in [0.29, 0.717) is 50.7 Å². The molecular formula is C42H51N6O6S2+. The number of amides is 2. The molecule has 2 aromatic carbocycles. The van der Waals surface area contributed by atoms with Crippen LogP contribution < -0.4 is 25.0 Å². The summed E-state index contributed by atoms with van der Waals surface area (Å²) in [5.74, 6) is 1.19. The highest BCUT2D eigenvalue weighted by atomic mass is 33.1. The largest absolute Gasteiger partial charge is 0.389 e. The lowest BCUT2D eigenvalue weighted by Crippen LogP contribution is -2.45. The molecule has 2 saturated heterocycles. The number of aromatic nitrogens is 1. The molecule has 3 aromatic rings. The van der Waals surface area contributed by atoms with Gasteiger partial charge in [0.25, 0.3) is 5.91 Å². The average molecular weight is 800 g/mol. The summed E-state index contributed by atoms with van der Waals surface area (Å²) in [6.07, 6.45) is 11.8. The van der Waals surface area contributed by atoms with Crippen molar-refractivity contribution in [1.29, 1.82) is 0 Å². The van der Waals surface area contributed by atoms with Gasteiger partial charge in [-0.25, -0.2) is 0 Å². The van der Waals surface area contributed by atoms with Gasteiger partial charge in [-0.3, -0.25) is 14.6 Å². The van der Waals surface area contributed by atoms with E-state index in [1.165, 1.54) is 0 Å². The Morgan fingerprint density at radius 1 is 0.732 bits per heavy atom. The zero-order valence-electron chi connectivity index (χ0n) is 31.3. The number of aliphatic hydroxyl groups excluding tert-OH is 4. The van der Waals surface area contributed by atoms with Crippen molar-refractivity contribution >= 4 is 68.7 Å². The van der Waals surface area contributed by atoms with Crippen LogP contribution in [0.3, 0.4) is 0 Å². The van der Waals surface area contributed by atoms with Gasteiger partial charge >= 0.3 is 0 Å². The van der Waals surface area contributed by atoms with Crippen molar-refractivity contribution in [3.8, 4) is 0 Å². The number of aliphatic hydroxyl groups is 4. The molecule has 2 aliphatic heterocycles. The van der Waals surface area contributed by atoms with Crippen LogP contribution >= 0.6 is 21.6 Å². The maximum absolute atomic E-state index is 12.7. The van der Waals surface area contributed by atoms with Crippen molar-refractivity contribution in [3.05, 3.63) is 121 Å². The molecule has 0 saturated carbocycles. The van der Waals surface area contributed by atoms with Crippen LogP contribution in [0, 0.1) is 0 Å². The second kappa shape index (κ2) is 22.1. The van der Waals surface area contributed by atoms with E-state index in [4.69, 9.17) is 0 Å². The Bertz CT molecular complexity index is 1850. The predicted molar refractivity (Wildman–Crippen MR) is 229 cm³/mol. The van der Waals surface area contributed by atoms with Gasteiger partial charge in [0.1, 0.15) is 6.54 Å². The number of benzene rings is 2. The number of β-amino-alcohol motifs (C(OH)–C–C–N with tert-alkyl or cyclic N) is 4. The van der Waals surface area contributed by atoms with Crippen LogP contribution in [0.5, 0.6) is 0 Å². The molecule has 0 aliphatic carbocycles. The van der Waals surface area contributed by atoms with Crippen molar-refractivity contribution in [2.45, 2.75) is 31.0 Å². The Morgan fingerprint density at radius 3 is 1.82 bits per heavy atom. The lowest BCUT2D eigenvalue weighted by atomic mass is 10.1. The molecule has 2 fully saturated rings. The van der Waals surface area contributed by atoms with Crippen LogP contribution in [0.4, 0.5) is 11.4 Å². The van der Waals surface area contributed by atoms with E-state index in [1.54, 1.807) is 39.8 Å². The molecule has 2 amide bonds. The number of rotatable bonds is 19. The van der Waals surface area contributed by atoms with Gasteiger partial charge in [0, 0.05) is 80.4 Å². The molecule has 0 radical (unpaired) electrons. The minimum Gasteiger partial charge on any atom is -0.389 e. The Hall–Kier alpha value is -4.70. The number of aliphatic imine (C=N–C) groups is 1. The summed E-state index contributed by atoms with van der Waals surface area (Å²) in [6.45, 7) is 6.54. The Labute approximate surface area is 336 Å². The molecule has 2 aliphatic rings. The number of pyridine rings is 1. The third kappa shape index (κ3) is 13.5. The number of carbonyl (C=O) groups excluding carboxylic acids is 2. The fraction of sp³-hybridized carbons (Fsp3) is 0.333. The lowest BCUT2D eigenvalue weighted by Gasteiger charge is -2.17. The topological polar surface area (TPSA) is 162 Å². The predicted octanol–water partition coefficient (Wildman–Crippen LogP) is 2.74. The molecule has 4 unspecified atom stereocenters. The van der Waals surface area contributed by atoms with Crippen molar-refractivity contribution in [2.24, 2.45) is 4.99 Å². The first-order valence-corrected chi connectivity index (χ1v) is 21.1. The smallest absolute Gasteiger partial charge is 0.286 e. The number of allylic oxidation sites excluding steroid dienone is 4. The SMILES string of the molecule is C=C\C=C/C(/C=C/c1ccc(N2CC(O)C(O)C2)cc1)=N/CC(=O)NCCSSCCNC(=O)C[n+]1ccccc1/C=C/c1ccc(N2CC(O)C(O)C2)cc1.